The lowest BCUT2D eigenvalue weighted by Crippen LogP contribution is -2.33. The largest absolute Gasteiger partial charge is 0.481 e. The van der Waals surface area contributed by atoms with E-state index >= 15 is 0 Å². The highest BCUT2D eigenvalue weighted by atomic mass is 35.5. The molecule has 0 amide bonds. The lowest BCUT2D eigenvalue weighted by Gasteiger charge is -2.26. The molecule has 1 aromatic rings. The SMILES string of the molecule is CC(CN(CCCC(=O)O)c1cccc(Cl)c1)C(=O)O. The fraction of sp³-hybridized carbons (Fsp3) is 0.429. The molecule has 6 heteroatoms. The molecule has 1 rings (SSSR count). The van der Waals surface area contributed by atoms with Gasteiger partial charge in [-0.15, -0.1) is 0 Å². The van der Waals surface area contributed by atoms with Crippen LogP contribution in [0.15, 0.2) is 24.3 Å². The summed E-state index contributed by atoms with van der Waals surface area (Å²) in [5.41, 5.74) is 0.802. The van der Waals surface area contributed by atoms with Gasteiger partial charge < -0.3 is 15.1 Å². The zero-order valence-corrected chi connectivity index (χ0v) is 12.0. The average molecular weight is 300 g/mol. The molecule has 0 saturated carbocycles. The summed E-state index contributed by atoms with van der Waals surface area (Å²) in [7, 11) is 0. The van der Waals surface area contributed by atoms with Crippen molar-refractivity contribution < 1.29 is 19.8 Å². The molecule has 0 radical (unpaired) electrons. The van der Waals surface area contributed by atoms with Gasteiger partial charge in [-0.2, -0.15) is 0 Å². The summed E-state index contributed by atoms with van der Waals surface area (Å²) in [5, 5.41) is 18.2. The summed E-state index contributed by atoms with van der Waals surface area (Å²) in [6.45, 7) is 2.41. The molecule has 0 aromatic heterocycles. The van der Waals surface area contributed by atoms with Crippen molar-refractivity contribution in [3.8, 4) is 0 Å². The number of nitrogens with zero attached hydrogens (tertiary/aromatic N) is 1. The first-order chi connectivity index (χ1) is 9.40. The van der Waals surface area contributed by atoms with E-state index in [1.807, 2.05) is 11.0 Å². The third-order valence-corrected chi connectivity index (χ3v) is 3.14. The van der Waals surface area contributed by atoms with Gasteiger partial charge in [-0.1, -0.05) is 24.6 Å². The predicted octanol–water partition coefficient (Wildman–Crippen LogP) is 2.73. The molecule has 0 aliphatic heterocycles. The van der Waals surface area contributed by atoms with Gasteiger partial charge in [0, 0.05) is 30.2 Å². The Morgan fingerprint density at radius 3 is 2.60 bits per heavy atom. The third-order valence-electron chi connectivity index (χ3n) is 2.91. The van der Waals surface area contributed by atoms with E-state index in [2.05, 4.69) is 0 Å². The number of carboxylic acid groups (broad SMARTS) is 2. The monoisotopic (exact) mass is 299 g/mol. The normalized spacial score (nSPS) is 11.9. The summed E-state index contributed by atoms with van der Waals surface area (Å²) in [6, 6.07) is 7.10. The van der Waals surface area contributed by atoms with Crippen molar-refractivity contribution in [2.45, 2.75) is 19.8 Å². The van der Waals surface area contributed by atoms with E-state index in [4.69, 9.17) is 21.8 Å². The summed E-state index contributed by atoms with van der Waals surface area (Å²) in [5.74, 6) is -2.28. The Kier molecular flexibility index (Phi) is 6.31. The van der Waals surface area contributed by atoms with Crippen molar-refractivity contribution in [3.05, 3.63) is 29.3 Å². The molecule has 0 saturated heterocycles. The van der Waals surface area contributed by atoms with Crippen LogP contribution in [-0.2, 0) is 9.59 Å². The van der Waals surface area contributed by atoms with Crippen LogP contribution in [-0.4, -0.2) is 35.2 Å². The molecule has 0 aliphatic rings. The van der Waals surface area contributed by atoms with Gasteiger partial charge >= 0.3 is 11.9 Å². The Bertz CT molecular complexity index is 478. The third kappa shape index (κ3) is 5.48. The molecule has 0 aliphatic carbocycles. The molecule has 0 bridgehead atoms. The number of carboxylic acids is 2. The molecular weight excluding hydrogens is 282 g/mol. The first kappa shape index (κ1) is 16.3. The van der Waals surface area contributed by atoms with Crippen LogP contribution in [0.25, 0.3) is 0 Å². The number of halogens is 1. The Morgan fingerprint density at radius 2 is 2.05 bits per heavy atom. The van der Waals surface area contributed by atoms with Crippen LogP contribution in [0.2, 0.25) is 5.02 Å². The summed E-state index contributed by atoms with van der Waals surface area (Å²) >= 11 is 5.94. The molecule has 1 atom stereocenters. The van der Waals surface area contributed by atoms with Gasteiger partial charge in [0.2, 0.25) is 0 Å². The van der Waals surface area contributed by atoms with Crippen molar-refractivity contribution in [2.75, 3.05) is 18.0 Å². The second-order valence-corrected chi connectivity index (χ2v) is 5.10. The number of rotatable bonds is 8. The van der Waals surface area contributed by atoms with Gasteiger partial charge in [0.05, 0.1) is 5.92 Å². The Balaban J connectivity index is 2.77. The van der Waals surface area contributed by atoms with Gasteiger partial charge in [-0.3, -0.25) is 9.59 Å². The van der Waals surface area contributed by atoms with Gasteiger partial charge in [-0.05, 0) is 24.6 Å². The molecule has 1 aromatic carbocycles. The minimum Gasteiger partial charge on any atom is -0.481 e. The standard InChI is InChI=1S/C14H18ClNO4/c1-10(14(19)20)9-16(7-3-6-13(17)18)12-5-2-4-11(15)8-12/h2,4-5,8,10H,3,6-7,9H2,1H3,(H,17,18)(H,19,20). The summed E-state index contributed by atoms with van der Waals surface area (Å²) in [4.78, 5) is 23.4. The Morgan fingerprint density at radius 1 is 1.35 bits per heavy atom. The van der Waals surface area contributed by atoms with Gasteiger partial charge in [0.15, 0.2) is 0 Å². The minimum absolute atomic E-state index is 0.0541. The summed E-state index contributed by atoms with van der Waals surface area (Å²) in [6.07, 6.45) is 0.507. The second kappa shape index (κ2) is 7.75. The highest BCUT2D eigenvalue weighted by Gasteiger charge is 2.17. The van der Waals surface area contributed by atoms with Crippen LogP contribution in [0.5, 0.6) is 0 Å². The van der Waals surface area contributed by atoms with Crippen molar-refractivity contribution in [1.82, 2.24) is 0 Å². The van der Waals surface area contributed by atoms with E-state index in [0.29, 0.717) is 24.5 Å². The number of benzene rings is 1. The van der Waals surface area contributed by atoms with Crippen LogP contribution in [0, 0.1) is 5.92 Å². The lowest BCUT2D eigenvalue weighted by atomic mass is 10.1. The van der Waals surface area contributed by atoms with E-state index in [1.165, 1.54) is 0 Å². The Labute approximate surface area is 122 Å². The highest BCUT2D eigenvalue weighted by molar-refractivity contribution is 6.30. The molecule has 110 valence electrons. The van der Waals surface area contributed by atoms with Crippen LogP contribution < -0.4 is 4.90 Å². The zero-order valence-electron chi connectivity index (χ0n) is 11.3. The number of hydrogen-bond acceptors (Lipinski definition) is 3. The molecular formula is C14H18ClNO4. The van der Waals surface area contributed by atoms with E-state index < -0.39 is 17.9 Å². The first-order valence-corrected chi connectivity index (χ1v) is 6.73. The van der Waals surface area contributed by atoms with Crippen LogP contribution in [0.3, 0.4) is 0 Å². The van der Waals surface area contributed by atoms with E-state index in [1.54, 1.807) is 25.1 Å². The Hall–Kier alpha value is -1.75. The minimum atomic E-state index is -0.879. The zero-order chi connectivity index (χ0) is 15.1. The maximum atomic E-state index is 11.0. The number of aliphatic carboxylic acids is 2. The lowest BCUT2D eigenvalue weighted by molar-refractivity contribution is -0.141. The molecule has 0 spiro atoms. The smallest absolute Gasteiger partial charge is 0.308 e. The number of carbonyl (C=O) groups is 2. The number of anilines is 1. The maximum Gasteiger partial charge on any atom is 0.308 e. The topological polar surface area (TPSA) is 77.8 Å². The molecule has 2 N–H and O–H groups in total. The molecule has 0 fully saturated rings. The fourth-order valence-corrected chi connectivity index (χ4v) is 2.01. The van der Waals surface area contributed by atoms with Crippen LogP contribution in [0.1, 0.15) is 19.8 Å². The van der Waals surface area contributed by atoms with E-state index in [0.717, 1.165) is 5.69 Å². The van der Waals surface area contributed by atoms with Crippen LogP contribution in [0.4, 0.5) is 5.69 Å². The summed E-state index contributed by atoms with van der Waals surface area (Å²) < 4.78 is 0. The molecule has 0 heterocycles. The van der Waals surface area contributed by atoms with Crippen molar-refractivity contribution in [1.29, 1.82) is 0 Å². The molecule has 1 unspecified atom stereocenters. The van der Waals surface area contributed by atoms with Crippen molar-refractivity contribution in [2.24, 2.45) is 5.92 Å². The first-order valence-electron chi connectivity index (χ1n) is 6.35. The van der Waals surface area contributed by atoms with Gasteiger partial charge in [0.25, 0.3) is 0 Å². The average Bonchev–Trinajstić information content (AvgIpc) is 2.36. The second-order valence-electron chi connectivity index (χ2n) is 4.66. The predicted molar refractivity (Wildman–Crippen MR) is 77.3 cm³/mol. The molecule has 20 heavy (non-hydrogen) atoms. The van der Waals surface area contributed by atoms with E-state index in [9.17, 15) is 9.59 Å². The maximum absolute atomic E-state index is 11.0. The van der Waals surface area contributed by atoms with Crippen molar-refractivity contribution in [3.63, 3.8) is 0 Å². The quantitative estimate of drug-likeness (QED) is 0.771. The van der Waals surface area contributed by atoms with Gasteiger partial charge in [-0.25, -0.2) is 0 Å². The highest BCUT2D eigenvalue weighted by Crippen LogP contribution is 2.21. The molecule has 5 nitrogen and oxygen atoms in total. The van der Waals surface area contributed by atoms with Gasteiger partial charge in [0.1, 0.15) is 0 Å². The van der Waals surface area contributed by atoms with Crippen LogP contribution >= 0.6 is 11.6 Å². The number of hydrogen-bond donors (Lipinski definition) is 2. The van der Waals surface area contributed by atoms with Crippen molar-refractivity contribution >= 4 is 29.2 Å². The van der Waals surface area contributed by atoms with E-state index in [-0.39, 0.29) is 6.42 Å². The fourth-order valence-electron chi connectivity index (χ4n) is 1.83.